The molecule has 4 heterocycles. The van der Waals surface area contributed by atoms with Crippen LogP contribution >= 0.6 is 0 Å². The third-order valence-corrected chi connectivity index (χ3v) is 12.6. The van der Waals surface area contributed by atoms with Gasteiger partial charge in [-0.3, -0.25) is 0 Å². The third-order valence-electron chi connectivity index (χ3n) is 12.6. The molecular weight excluding hydrogens is 767 g/mol. The lowest BCUT2D eigenvalue weighted by Crippen LogP contribution is -1.97. The first kappa shape index (κ1) is 35.2. The van der Waals surface area contributed by atoms with Crippen LogP contribution in [0.2, 0.25) is 0 Å². The van der Waals surface area contributed by atoms with Crippen molar-refractivity contribution in [3.8, 4) is 51.0 Å². The van der Waals surface area contributed by atoms with Gasteiger partial charge in [0.25, 0.3) is 0 Å². The van der Waals surface area contributed by atoms with Crippen LogP contribution in [0, 0.1) is 0 Å². The molecule has 0 N–H and O–H groups in total. The Morgan fingerprint density at radius 1 is 0.270 bits per heavy atom. The van der Waals surface area contributed by atoms with Crippen LogP contribution < -0.4 is 0 Å². The van der Waals surface area contributed by atoms with E-state index in [1.165, 1.54) is 49.0 Å². The summed E-state index contributed by atoms with van der Waals surface area (Å²) in [4.78, 5) is 10.3. The van der Waals surface area contributed by atoms with Gasteiger partial charge in [0, 0.05) is 66.1 Å². The standard InChI is InChI=1S/C58H37N5/c1-5-17-38(18-6-1)49-37-50(60-58(59-49)39-19-7-2-8-20-39)40-29-33-53-48(35-40)45-31-30-43(36-55(45)61(53)41-21-9-3-10-22-41)62-52-28-16-14-26-47(52)56-54(62)34-32-46-44-25-13-15-27-51(44)63(57(46)56)42-23-11-4-12-24-42/h1-37H. The highest BCUT2D eigenvalue weighted by atomic mass is 15.0. The van der Waals surface area contributed by atoms with Crippen molar-refractivity contribution in [2.45, 2.75) is 0 Å². The molecule has 5 heteroatoms. The van der Waals surface area contributed by atoms with Gasteiger partial charge in [-0.05, 0) is 72.8 Å². The molecule has 13 rings (SSSR count). The Bertz CT molecular complexity index is 3820. The highest BCUT2D eigenvalue weighted by molar-refractivity contribution is 6.26. The number of nitrogens with zero attached hydrogens (tertiary/aromatic N) is 5. The number of hydrogen-bond acceptors (Lipinski definition) is 2. The number of fused-ring (bicyclic) bond motifs is 10. The zero-order valence-electron chi connectivity index (χ0n) is 34.1. The fourth-order valence-electron chi connectivity index (χ4n) is 9.86. The van der Waals surface area contributed by atoms with E-state index in [4.69, 9.17) is 9.97 Å². The molecule has 0 aliphatic carbocycles. The Kier molecular flexibility index (Phi) is 7.84. The highest BCUT2D eigenvalue weighted by Crippen LogP contribution is 2.43. The monoisotopic (exact) mass is 803 g/mol. The van der Waals surface area contributed by atoms with Gasteiger partial charge in [-0.25, -0.2) is 9.97 Å². The van der Waals surface area contributed by atoms with Crippen molar-refractivity contribution >= 4 is 65.4 Å². The third kappa shape index (κ3) is 5.50. The van der Waals surface area contributed by atoms with Crippen LogP contribution in [0.25, 0.3) is 116 Å². The first-order chi connectivity index (χ1) is 31.3. The Hall–Kier alpha value is -8.54. The van der Waals surface area contributed by atoms with E-state index in [-0.39, 0.29) is 0 Å². The van der Waals surface area contributed by atoms with E-state index < -0.39 is 0 Å². The van der Waals surface area contributed by atoms with E-state index in [0.717, 1.165) is 61.6 Å². The number of aromatic nitrogens is 5. The van der Waals surface area contributed by atoms with Gasteiger partial charge in [-0.1, -0.05) is 152 Å². The minimum Gasteiger partial charge on any atom is -0.309 e. The molecule has 13 aromatic rings. The lowest BCUT2D eigenvalue weighted by atomic mass is 10.0. The van der Waals surface area contributed by atoms with Gasteiger partial charge in [-0.15, -0.1) is 0 Å². The molecule has 0 radical (unpaired) electrons. The van der Waals surface area contributed by atoms with Crippen LogP contribution in [0.4, 0.5) is 0 Å². The molecule has 4 aromatic heterocycles. The average molecular weight is 804 g/mol. The molecule has 0 unspecified atom stereocenters. The zero-order valence-corrected chi connectivity index (χ0v) is 34.1. The molecule has 0 amide bonds. The maximum atomic E-state index is 5.19. The van der Waals surface area contributed by atoms with E-state index in [1.807, 2.05) is 24.3 Å². The van der Waals surface area contributed by atoms with Crippen molar-refractivity contribution in [2.24, 2.45) is 0 Å². The van der Waals surface area contributed by atoms with Crippen molar-refractivity contribution in [1.82, 2.24) is 23.7 Å². The van der Waals surface area contributed by atoms with Crippen LogP contribution in [-0.2, 0) is 0 Å². The van der Waals surface area contributed by atoms with Crippen molar-refractivity contribution < 1.29 is 0 Å². The predicted octanol–water partition coefficient (Wildman–Crippen LogP) is 14.8. The van der Waals surface area contributed by atoms with Crippen molar-refractivity contribution in [1.29, 1.82) is 0 Å². The summed E-state index contributed by atoms with van der Waals surface area (Å²) >= 11 is 0. The second-order valence-electron chi connectivity index (χ2n) is 16.2. The molecule has 0 spiro atoms. The quantitative estimate of drug-likeness (QED) is 0.168. The maximum Gasteiger partial charge on any atom is 0.160 e. The smallest absolute Gasteiger partial charge is 0.160 e. The van der Waals surface area contributed by atoms with E-state index in [0.29, 0.717) is 5.82 Å². The van der Waals surface area contributed by atoms with Crippen molar-refractivity contribution in [3.05, 3.63) is 224 Å². The number of hydrogen-bond donors (Lipinski definition) is 0. The lowest BCUT2D eigenvalue weighted by molar-refractivity contribution is 1.15. The summed E-state index contributed by atoms with van der Waals surface area (Å²) < 4.78 is 7.30. The normalized spacial score (nSPS) is 11.8. The van der Waals surface area contributed by atoms with E-state index >= 15 is 0 Å². The fourth-order valence-corrected chi connectivity index (χ4v) is 9.86. The van der Waals surface area contributed by atoms with Crippen LogP contribution in [-0.4, -0.2) is 23.7 Å². The molecule has 0 aliphatic rings. The van der Waals surface area contributed by atoms with Crippen LogP contribution in [0.3, 0.4) is 0 Å². The van der Waals surface area contributed by atoms with Crippen LogP contribution in [0.5, 0.6) is 0 Å². The molecule has 0 bridgehead atoms. The lowest BCUT2D eigenvalue weighted by Gasteiger charge is -2.12. The summed E-state index contributed by atoms with van der Waals surface area (Å²) in [6.45, 7) is 0. The van der Waals surface area contributed by atoms with Crippen LogP contribution in [0.15, 0.2) is 224 Å². The van der Waals surface area contributed by atoms with Gasteiger partial charge in [-0.2, -0.15) is 0 Å². The SMILES string of the molecule is c1ccc(-c2cc(-c3ccc4c(c3)c3ccc(-n5c6ccccc6c6c5ccc5c7ccccc7n(-c7ccccc7)c56)cc3n4-c3ccccc3)nc(-c3ccccc3)n2)cc1. The minimum atomic E-state index is 0.705. The van der Waals surface area contributed by atoms with Gasteiger partial charge in [0.15, 0.2) is 5.82 Å². The second-order valence-corrected chi connectivity index (χ2v) is 16.2. The first-order valence-corrected chi connectivity index (χ1v) is 21.4. The summed E-state index contributed by atoms with van der Waals surface area (Å²) in [5, 5.41) is 7.29. The Balaban J connectivity index is 1.06. The van der Waals surface area contributed by atoms with Gasteiger partial charge in [0.2, 0.25) is 0 Å². The molecule has 5 nitrogen and oxygen atoms in total. The predicted molar refractivity (Wildman–Crippen MR) is 261 cm³/mol. The fraction of sp³-hybridized carbons (Fsp3) is 0. The maximum absolute atomic E-state index is 5.19. The molecule has 0 saturated carbocycles. The van der Waals surface area contributed by atoms with E-state index in [9.17, 15) is 0 Å². The Morgan fingerprint density at radius 3 is 1.49 bits per heavy atom. The largest absolute Gasteiger partial charge is 0.309 e. The van der Waals surface area contributed by atoms with Gasteiger partial charge in [0.05, 0.1) is 44.5 Å². The van der Waals surface area contributed by atoms with Gasteiger partial charge < -0.3 is 13.7 Å². The summed E-state index contributed by atoms with van der Waals surface area (Å²) in [7, 11) is 0. The molecule has 294 valence electrons. The highest BCUT2D eigenvalue weighted by Gasteiger charge is 2.22. The minimum absolute atomic E-state index is 0.705. The molecular formula is C58H37N5. The zero-order chi connectivity index (χ0) is 41.4. The summed E-state index contributed by atoms with van der Waals surface area (Å²) in [6.07, 6.45) is 0. The molecule has 0 fully saturated rings. The van der Waals surface area contributed by atoms with Gasteiger partial charge >= 0.3 is 0 Å². The summed E-state index contributed by atoms with van der Waals surface area (Å²) in [5.41, 5.74) is 15.2. The second kappa shape index (κ2) is 14.0. The molecule has 0 aliphatic heterocycles. The Morgan fingerprint density at radius 2 is 0.778 bits per heavy atom. The summed E-state index contributed by atoms with van der Waals surface area (Å²) in [5.74, 6) is 0.705. The Labute approximate surface area is 363 Å². The first-order valence-electron chi connectivity index (χ1n) is 21.4. The van der Waals surface area contributed by atoms with Gasteiger partial charge in [0.1, 0.15) is 0 Å². The topological polar surface area (TPSA) is 40.6 Å². The van der Waals surface area contributed by atoms with E-state index in [2.05, 4.69) is 214 Å². The number of benzene rings is 9. The molecule has 9 aromatic carbocycles. The van der Waals surface area contributed by atoms with Crippen molar-refractivity contribution in [2.75, 3.05) is 0 Å². The molecule has 0 saturated heterocycles. The number of rotatable bonds is 6. The molecule has 63 heavy (non-hydrogen) atoms. The molecule has 0 atom stereocenters. The van der Waals surface area contributed by atoms with Crippen LogP contribution in [0.1, 0.15) is 0 Å². The number of para-hydroxylation sites is 4. The average Bonchev–Trinajstić information content (AvgIpc) is 4.00. The van der Waals surface area contributed by atoms with E-state index in [1.54, 1.807) is 0 Å². The summed E-state index contributed by atoms with van der Waals surface area (Å²) in [6, 6.07) is 80.2. The van der Waals surface area contributed by atoms with Crippen molar-refractivity contribution in [3.63, 3.8) is 0 Å².